The van der Waals surface area contributed by atoms with Crippen LogP contribution >= 0.6 is 11.6 Å². The Morgan fingerprint density at radius 2 is 1.85 bits per heavy atom. The van der Waals surface area contributed by atoms with Crippen molar-refractivity contribution in [3.63, 3.8) is 0 Å². The van der Waals surface area contributed by atoms with Gasteiger partial charge in [-0.1, -0.05) is 17.7 Å². The largest absolute Gasteiger partial charge is 0.573 e. The van der Waals surface area contributed by atoms with Crippen molar-refractivity contribution in [2.75, 3.05) is 13.1 Å². The summed E-state index contributed by atoms with van der Waals surface area (Å²) in [5.74, 6) is -3.47. The van der Waals surface area contributed by atoms with Crippen molar-refractivity contribution in [3.8, 4) is 5.75 Å². The number of piperidine rings is 1. The summed E-state index contributed by atoms with van der Waals surface area (Å²) in [6.07, 6.45) is -5.51. The monoisotopic (exact) mass is 413 g/mol. The number of nitrogens with two attached hydrogens (primary N) is 2. The van der Waals surface area contributed by atoms with E-state index in [2.05, 4.69) is 14.7 Å². The smallest absolute Gasteiger partial charge is 0.404 e. The Labute approximate surface area is 156 Å². The van der Waals surface area contributed by atoms with E-state index in [0.717, 1.165) is 6.07 Å². The predicted molar refractivity (Wildman–Crippen MR) is 90.8 cm³/mol. The van der Waals surface area contributed by atoms with Gasteiger partial charge in [-0.15, -0.1) is 13.2 Å². The van der Waals surface area contributed by atoms with Crippen LogP contribution in [0.4, 0.5) is 22.0 Å². The molecule has 6 nitrogen and oxygen atoms in total. The molecule has 0 unspecified atom stereocenters. The number of likely N-dealkylation sites (tertiary alicyclic amines) is 1. The lowest BCUT2D eigenvalue weighted by atomic mass is 10.1. The van der Waals surface area contributed by atoms with E-state index in [9.17, 15) is 22.0 Å². The number of ether oxygens (including phenoxy) is 1. The third kappa shape index (κ3) is 6.74. The Morgan fingerprint density at radius 1 is 1.22 bits per heavy atom. The first-order valence-corrected chi connectivity index (χ1v) is 8.14. The molecule has 0 aromatic heterocycles. The topological polar surface area (TPSA) is 89.2 Å². The maximum atomic E-state index is 13.1. The quantitative estimate of drug-likeness (QED) is 0.452. The molecule has 1 heterocycles. The molecule has 0 atom stereocenters. The van der Waals surface area contributed by atoms with E-state index in [0.29, 0.717) is 5.56 Å². The van der Waals surface area contributed by atoms with Crippen LogP contribution in [-0.2, 0) is 6.54 Å². The summed E-state index contributed by atoms with van der Waals surface area (Å²) in [5.41, 5.74) is 11.8. The van der Waals surface area contributed by atoms with Gasteiger partial charge >= 0.3 is 6.36 Å². The molecule has 1 fully saturated rings. The summed E-state index contributed by atoms with van der Waals surface area (Å²) < 4.78 is 66.6. The minimum atomic E-state index is -4.85. The third-order valence-corrected chi connectivity index (χ3v) is 3.99. The molecule has 12 heteroatoms. The first-order valence-electron chi connectivity index (χ1n) is 7.76. The highest BCUT2D eigenvalue weighted by molar-refractivity contribution is 6.32. The van der Waals surface area contributed by atoms with Crippen molar-refractivity contribution in [1.82, 2.24) is 4.90 Å². The van der Waals surface area contributed by atoms with E-state index in [-0.39, 0.29) is 49.4 Å². The molecule has 0 spiro atoms. The highest BCUT2D eigenvalue weighted by Crippen LogP contribution is 2.31. The number of rotatable bonds is 3. The second-order valence-electron chi connectivity index (χ2n) is 5.80. The van der Waals surface area contributed by atoms with Crippen molar-refractivity contribution in [3.05, 3.63) is 28.8 Å². The molecular formula is C15H17ClF5N5O. The Morgan fingerprint density at radius 3 is 2.41 bits per heavy atom. The van der Waals surface area contributed by atoms with Gasteiger partial charge in [0.1, 0.15) is 5.75 Å². The maximum absolute atomic E-state index is 13.1. The van der Waals surface area contributed by atoms with Gasteiger partial charge in [0, 0.05) is 25.9 Å². The van der Waals surface area contributed by atoms with Gasteiger partial charge in [0.25, 0.3) is 5.92 Å². The number of aliphatic imine (C=N–C) groups is 2. The standard InChI is InChI=1S/C15H17ClF5N5O/c16-10-7-9(1-2-11(10)27-15(19,20)21)8-24-12(22)25-13(23)26-5-3-14(17,18)4-6-26/h1-2,7H,3-6,8H2,(H4,22,23,24,25). The molecule has 1 saturated heterocycles. The minimum Gasteiger partial charge on any atom is -0.404 e. The van der Waals surface area contributed by atoms with Crippen LogP contribution in [0.15, 0.2) is 28.2 Å². The molecule has 150 valence electrons. The molecule has 1 aromatic carbocycles. The number of hydrogen-bond acceptors (Lipinski definition) is 2. The van der Waals surface area contributed by atoms with Gasteiger partial charge in [-0.25, -0.2) is 13.8 Å². The maximum Gasteiger partial charge on any atom is 0.573 e. The molecule has 27 heavy (non-hydrogen) atoms. The van der Waals surface area contributed by atoms with Crippen molar-refractivity contribution in [2.24, 2.45) is 21.5 Å². The zero-order valence-electron chi connectivity index (χ0n) is 13.9. The molecule has 0 bridgehead atoms. The lowest BCUT2D eigenvalue weighted by Crippen LogP contribution is -2.46. The lowest BCUT2D eigenvalue weighted by molar-refractivity contribution is -0.274. The van der Waals surface area contributed by atoms with Crippen LogP contribution in [0.2, 0.25) is 5.02 Å². The van der Waals surface area contributed by atoms with Crippen LogP contribution in [0.5, 0.6) is 5.75 Å². The first kappa shape index (κ1) is 21.0. The van der Waals surface area contributed by atoms with E-state index < -0.39 is 18.0 Å². The van der Waals surface area contributed by atoms with Gasteiger partial charge < -0.3 is 21.1 Å². The highest BCUT2D eigenvalue weighted by Gasteiger charge is 2.34. The third-order valence-electron chi connectivity index (χ3n) is 3.69. The van der Waals surface area contributed by atoms with Gasteiger partial charge in [-0.3, -0.25) is 0 Å². The van der Waals surface area contributed by atoms with Crippen LogP contribution in [0.3, 0.4) is 0 Å². The summed E-state index contributed by atoms with van der Waals surface area (Å²) >= 11 is 5.74. The fraction of sp³-hybridized carbons (Fsp3) is 0.467. The number of benzene rings is 1. The molecule has 4 N–H and O–H groups in total. The van der Waals surface area contributed by atoms with Crippen LogP contribution in [0.25, 0.3) is 0 Å². The molecule has 0 amide bonds. The second-order valence-corrected chi connectivity index (χ2v) is 6.21. The van der Waals surface area contributed by atoms with E-state index in [1.807, 2.05) is 0 Å². The average Bonchev–Trinajstić information content (AvgIpc) is 2.54. The predicted octanol–water partition coefficient (Wildman–Crippen LogP) is 3.10. The molecule has 0 radical (unpaired) electrons. The Hall–Kier alpha value is -2.30. The highest BCUT2D eigenvalue weighted by atomic mass is 35.5. The summed E-state index contributed by atoms with van der Waals surface area (Å²) in [6, 6.07) is 3.64. The number of guanidine groups is 2. The summed E-state index contributed by atoms with van der Waals surface area (Å²) in [4.78, 5) is 9.25. The van der Waals surface area contributed by atoms with Crippen molar-refractivity contribution in [1.29, 1.82) is 0 Å². The van der Waals surface area contributed by atoms with Crippen LogP contribution in [0.1, 0.15) is 18.4 Å². The lowest BCUT2D eigenvalue weighted by Gasteiger charge is -2.32. The van der Waals surface area contributed by atoms with Crippen molar-refractivity contribution in [2.45, 2.75) is 31.7 Å². The Kier molecular flexibility index (Phi) is 6.34. The summed E-state index contributed by atoms with van der Waals surface area (Å²) in [5, 5.41) is -0.240. The molecule has 1 aliphatic rings. The van der Waals surface area contributed by atoms with E-state index in [4.69, 9.17) is 23.1 Å². The van der Waals surface area contributed by atoms with E-state index in [1.54, 1.807) is 0 Å². The van der Waals surface area contributed by atoms with E-state index in [1.165, 1.54) is 17.0 Å². The van der Waals surface area contributed by atoms with Gasteiger partial charge in [0.2, 0.25) is 5.96 Å². The van der Waals surface area contributed by atoms with Gasteiger partial charge in [0.15, 0.2) is 5.96 Å². The average molecular weight is 414 g/mol. The number of nitrogens with zero attached hydrogens (tertiary/aromatic N) is 3. The van der Waals surface area contributed by atoms with Gasteiger partial charge in [0.05, 0.1) is 11.6 Å². The molecule has 1 aromatic rings. The second kappa shape index (κ2) is 8.15. The van der Waals surface area contributed by atoms with Crippen LogP contribution < -0.4 is 16.2 Å². The number of halogens is 6. The van der Waals surface area contributed by atoms with E-state index >= 15 is 0 Å². The molecule has 2 rings (SSSR count). The Bertz CT molecular complexity index is 728. The number of alkyl halides is 5. The fourth-order valence-electron chi connectivity index (χ4n) is 2.31. The fourth-order valence-corrected chi connectivity index (χ4v) is 2.55. The Balaban J connectivity index is 1.97. The van der Waals surface area contributed by atoms with Gasteiger partial charge in [-0.05, 0) is 17.7 Å². The molecule has 0 aliphatic carbocycles. The normalized spacial score (nSPS) is 18.5. The van der Waals surface area contributed by atoms with Crippen molar-refractivity contribution >= 4 is 23.5 Å². The van der Waals surface area contributed by atoms with Crippen molar-refractivity contribution < 1.29 is 26.7 Å². The first-order chi connectivity index (χ1) is 12.5. The SMILES string of the molecule is NC(=NCc1ccc(OC(F)(F)F)c(Cl)c1)N=C(N)N1CCC(F)(F)CC1. The summed E-state index contributed by atoms with van der Waals surface area (Å²) in [6.45, 7) is 0.0739. The molecule has 0 saturated carbocycles. The zero-order valence-corrected chi connectivity index (χ0v) is 14.7. The van der Waals surface area contributed by atoms with Crippen LogP contribution in [-0.4, -0.2) is 42.2 Å². The minimum absolute atomic E-state index is 0.0211. The number of hydrogen-bond donors (Lipinski definition) is 2. The van der Waals surface area contributed by atoms with Gasteiger partial charge in [-0.2, -0.15) is 4.99 Å². The summed E-state index contributed by atoms with van der Waals surface area (Å²) in [7, 11) is 0. The molecule has 1 aliphatic heterocycles. The van der Waals surface area contributed by atoms with Crippen LogP contribution in [0, 0.1) is 0 Å². The molecular weight excluding hydrogens is 397 g/mol. The zero-order chi connectivity index (χ0) is 20.2.